The summed E-state index contributed by atoms with van der Waals surface area (Å²) in [6.45, 7) is 4.93. The molecule has 0 rings (SSSR count). The number of unbranched alkanes of at least 4 members (excludes halogenated alkanes) is 39. The summed E-state index contributed by atoms with van der Waals surface area (Å²) in [6.07, 6.45) is 71.5. The van der Waals surface area contributed by atoms with E-state index in [4.69, 9.17) is 4.74 Å². The second-order valence-corrected chi connectivity index (χ2v) is 20.7. The SMILES string of the molecule is CCCCCCCC/C=C\CCCCCCCC(=O)OCCCCCCCCCCC/C=C\C/C=C\CCCCCCCCCCCC(=O)NC(CO)C(O)CCCCCCCCCCCCC. The van der Waals surface area contributed by atoms with Gasteiger partial charge in [-0.25, -0.2) is 0 Å². The molecule has 0 radical (unpaired) electrons. The summed E-state index contributed by atoms with van der Waals surface area (Å²) in [5.41, 5.74) is 0. The van der Waals surface area contributed by atoms with Gasteiger partial charge in [0.1, 0.15) is 0 Å². The molecule has 0 aliphatic heterocycles. The Bertz CT molecular complexity index is 1100. The van der Waals surface area contributed by atoms with E-state index in [0.29, 0.717) is 25.9 Å². The Balaban J connectivity index is 3.42. The zero-order valence-corrected chi connectivity index (χ0v) is 45.6. The zero-order chi connectivity index (χ0) is 49.3. The lowest BCUT2D eigenvalue weighted by Gasteiger charge is -2.22. The number of amides is 1. The van der Waals surface area contributed by atoms with Crippen LogP contribution in [-0.2, 0) is 14.3 Å². The third kappa shape index (κ3) is 53.4. The van der Waals surface area contributed by atoms with Crippen molar-refractivity contribution in [2.24, 2.45) is 0 Å². The lowest BCUT2D eigenvalue weighted by Crippen LogP contribution is -2.45. The van der Waals surface area contributed by atoms with Crippen LogP contribution in [0.1, 0.15) is 322 Å². The molecule has 68 heavy (non-hydrogen) atoms. The Morgan fingerprint density at radius 2 is 0.735 bits per heavy atom. The van der Waals surface area contributed by atoms with Crippen LogP contribution in [0.4, 0.5) is 0 Å². The minimum atomic E-state index is -0.667. The van der Waals surface area contributed by atoms with Crippen LogP contribution in [0, 0.1) is 0 Å². The van der Waals surface area contributed by atoms with Crippen LogP contribution in [-0.4, -0.2) is 47.4 Å². The highest BCUT2D eigenvalue weighted by molar-refractivity contribution is 5.76. The second-order valence-electron chi connectivity index (χ2n) is 20.7. The van der Waals surface area contributed by atoms with Crippen molar-refractivity contribution in [3.05, 3.63) is 36.5 Å². The minimum absolute atomic E-state index is 0.000918. The summed E-state index contributed by atoms with van der Waals surface area (Å²) in [5, 5.41) is 23.2. The van der Waals surface area contributed by atoms with Gasteiger partial charge in [0.2, 0.25) is 5.91 Å². The van der Waals surface area contributed by atoms with Crippen molar-refractivity contribution in [1.82, 2.24) is 5.32 Å². The predicted octanol–water partition coefficient (Wildman–Crippen LogP) is 18.8. The fourth-order valence-corrected chi connectivity index (χ4v) is 9.25. The molecule has 6 heteroatoms. The summed E-state index contributed by atoms with van der Waals surface area (Å²) < 4.78 is 5.48. The summed E-state index contributed by atoms with van der Waals surface area (Å²) in [6, 6.07) is -0.545. The van der Waals surface area contributed by atoms with E-state index in [9.17, 15) is 19.8 Å². The summed E-state index contributed by atoms with van der Waals surface area (Å²) >= 11 is 0. The molecule has 2 atom stereocenters. The highest BCUT2D eigenvalue weighted by Crippen LogP contribution is 2.17. The number of hydrogen-bond acceptors (Lipinski definition) is 5. The van der Waals surface area contributed by atoms with Gasteiger partial charge in [0.05, 0.1) is 25.4 Å². The number of rotatable bonds is 56. The summed E-state index contributed by atoms with van der Waals surface area (Å²) in [7, 11) is 0. The van der Waals surface area contributed by atoms with E-state index < -0.39 is 12.1 Å². The molecule has 6 nitrogen and oxygen atoms in total. The maximum atomic E-state index is 12.4. The lowest BCUT2D eigenvalue weighted by atomic mass is 10.0. The van der Waals surface area contributed by atoms with Crippen molar-refractivity contribution in [2.75, 3.05) is 13.2 Å². The van der Waals surface area contributed by atoms with Crippen LogP contribution in [0.25, 0.3) is 0 Å². The standard InChI is InChI=1S/C62H117NO5/c1-3-5-7-9-11-13-15-16-28-32-36-40-44-48-52-56-62(67)68-57-53-49-45-41-37-33-30-27-25-23-21-19-17-18-20-22-24-26-29-31-35-39-43-47-51-55-61(66)63-59(58-64)60(65)54-50-46-42-38-34-14-12-10-8-6-4-2/h16,18-21,28,59-60,64-65H,3-15,17,22-27,29-58H2,1-2H3,(H,63,66)/b20-18-,21-19-,28-16-. The summed E-state index contributed by atoms with van der Waals surface area (Å²) in [4.78, 5) is 24.5. The van der Waals surface area contributed by atoms with Crippen molar-refractivity contribution < 1.29 is 24.5 Å². The molecule has 3 N–H and O–H groups in total. The lowest BCUT2D eigenvalue weighted by molar-refractivity contribution is -0.143. The first kappa shape index (κ1) is 66.1. The van der Waals surface area contributed by atoms with Crippen LogP contribution in [0.3, 0.4) is 0 Å². The molecule has 0 aliphatic rings. The van der Waals surface area contributed by atoms with Gasteiger partial charge in [-0.05, 0) is 83.5 Å². The topological polar surface area (TPSA) is 95.9 Å². The molecule has 0 aromatic heterocycles. The van der Waals surface area contributed by atoms with Crippen molar-refractivity contribution in [2.45, 2.75) is 334 Å². The smallest absolute Gasteiger partial charge is 0.305 e. The average molecular weight is 957 g/mol. The molecule has 0 spiro atoms. The normalized spacial score (nSPS) is 12.8. The van der Waals surface area contributed by atoms with Gasteiger partial charge >= 0.3 is 5.97 Å². The van der Waals surface area contributed by atoms with E-state index in [1.807, 2.05) is 0 Å². The van der Waals surface area contributed by atoms with Gasteiger partial charge in [-0.2, -0.15) is 0 Å². The van der Waals surface area contributed by atoms with E-state index >= 15 is 0 Å². The molecule has 1 amide bonds. The van der Waals surface area contributed by atoms with Crippen LogP contribution in [0.2, 0.25) is 0 Å². The molecular weight excluding hydrogens is 839 g/mol. The molecular formula is C62H117NO5. The Morgan fingerprint density at radius 1 is 0.412 bits per heavy atom. The first-order valence-corrected chi connectivity index (χ1v) is 30.2. The van der Waals surface area contributed by atoms with Crippen LogP contribution < -0.4 is 5.32 Å². The first-order chi connectivity index (χ1) is 33.5. The van der Waals surface area contributed by atoms with Gasteiger partial charge in [-0.3, -0.25) is 9.59 Å². The second kappa shape index (κ2) is 57.7. The van der Waals surface area contributed by atoms with Gasteiger partial charge in [0, 0.05) is 12.8 Å². The third-order valence-electron chi connectivity index (χ3n) is 13.9. The fraction of sp³-hybridized carbons (Fsp3) is 0.871. The van der Waals surface area contributed by atoms with Crippen molar-refractivity contribution in [3.63, 3.8) is 0 Å². The molecule has 0 heterocycles. The fourth-order valence-electron chi connectivity index (χ4n) is 9.25. The van der Waals surface area contributed by atoms with Crippen LogP contribution in [0.15, 0.2) is 36.5 Å². The maximum absolute atomic E-state index is 12.4. The predicted molar refractivity (Wildman–Crippen MR) is 296 cm³/mol. The van der Waals surface area contributed by atoms with Gasteiger partial charge < -0.3 is 20.3 Å². The third-order valence-corrected chi connectivity index (χ3v) is 13.9. The first-order valence-electron chi connectivity index (χ1n) is 30.2. The average Bonchev–Trinajstić information content (AvgIpc) is 3.34. The van der Waals surface area contributed by atoms with Crippen LogP contribution >= 0.6 is 0 Å². The number of carbonyl (C=O) groups is 2. The summed E-state index contributed by atoms with van der Waals surface area (Å²) in [5.74, 6) is -0.0411. The van der Waals surface area contributed by atoms with Crippen LogP contribution in [0.5, 0.6) is 0 Å². The monoisotopic (exact) mass is 956 g/mol. The van der Waals surface area contributed by atoms with Crippen molar-refractivity contribution >= 4 is 11.9 Å². The largest absolute Gasteiger partial charge is 0.466 e. The Morgan fingerprint density at radius 3 is 1.13 bits per heavy atom. The number of nitrogens with one attached hydrogen (secondary N) is 1. The minimum Gasteiger partial charge on any atom is -0.466 e. The molecule has 0 saturated carbocycles. The Hall–Kier alpha value is -1.92. The molecule has 0 fully saturated rings. The van der Waals surface area contributed by atoms with E-state index in [2.05, 4.69) is 55.6 Å². The van der Waals surface area contributed by atoms with E-state index in [0.717, 1.165) is 51.4 Å². The van der Waals surface area contributed by atoms with E-state index in [-0.39, 0.29) is 18.5 Å². The van der Waals surface area contributed by atoms with Gasteiger partial charge in [0.25, 0.3) is 0 Å². The highest BCUT2D eigenvalue weighted by Gasteiger charge is 2.20. The number of aliphatic hydroxyl groups is 2. The van der Waals surface area contributed by atoms with Gasteiger partial charge in [-0.1, -0.05) is 262 Å². The molecule has 0 saturated heterocycles. The van der Waals surface area contributed by atoms with E-state index in [1.54, 1.807) is 0 Å². The quantitative estimate of drug-likeness (QED) is 0.0321. The zero-order valence-electron chi connectivity index (χ0n) is 45.6. The van der Waals surface area contributed by atoms with E-state index in [1.165, 1.54) is 238 Å². The molecule has 2 unspecified atom stereocenters. The maximum Gasteiger partial charge on any atom is 0.305 e. The molecule has 0 bridgehead atoms. The number of esters is 1. The number of hydrogen-bond donors (Lipinski definition) is 3. The molecule has 0 aromatic carbocycles. The highest BCUT2D eigenvalue weighted by atomic mass is 16.5. The van der Waals surface area contributed by atoms with Crippen molar-refractivity contribution in [3.8, 4) is 0 Å². The Labute approximate surface area is 424 Å². The number of carbonyl (C=O) groups excluding carboxylic acids is 2. The van der Waals surface area contributed by atoms with Gasteiger partial charge in [0.15, 0.2) is 0 Å². The molecule has 400 valence electrons. The van der Waals surface area contributed by atoms with Gasteiger partial charge in [-0.15, -0.1) is 0 Å². The number of aliphatic hydroxyl groups excluding tert-OH is 2. The Kier molecular flexibility index (Phi) is 56.0. The van der Waals surface area contributed by atoms with Crippen molar-refractivity contribution in [1.29, 1.82) is 0 Å². The number of allylic oxidation sites excluding steroid dienone is 6. The number of ether oxygens (including phenoxy) is 1. The molecule has 0 aliphatic carbocycles. The molecule has 0 aromatic rings.